The lowest BCUT2D eigenvalue weighted by molar-refractivity contribution is -0.143. The maximum absolute atomic E-state index is 11.0. The van der Waals surface area contributed by atoms with Gasteiger partial charge in [-0.2, -0.15) is 0 Å². The summed E-state index contributed by atoms with van der Waals surface area (Å²) in [6, 6.07) is 1.01. The van der Waals surface area contributed by atoms with E-state index in [1.54, 1.807) is 6.92 Å². The van der Waals surface area contributed by atoms with Crippen LogP contribution in [0.25, 0.3) is 0 Å². The summed E-state index contributed by atoms with van der Waals surface area (Å²) in [5, 5.41) is 9.07. The normalized spacial score (nSPS) is 26.0. The Morgan fingerprint density at radius 2 is 1.50 bits per heavy atom. The second kappa shape index (κ2) is 6.87. The molecule has 0 radical (unpaired) electrons. The van der Waals surface area contributed by atoms with Gasteiger partial charge in [0.1, 0.15) is 6.04 Å². The van der Waals surface area contributed by atoms with E-state index in [1.807, 2.05) is 0 Å². The summed E-state index contributed by atoms with van der Waals surface area (Å²) in [5.41, 5.74) is 0. The van der Waals surface area contributed by atoms with Crippen molar-refractivity contribution < 1.29 is 9.90 Å². The number of piperidine rings is 1. The van der Waals surface area contributed by atoms with Crippen LogP contribution >= 0.6 is 0 Å². The minimum absolute atomic E-state index is 0.347. The Morgan fingerprint density at radius 1 is 0.950 bits per heavy atom. The first-order valence-corrected chi connectivity index (χ1v) is 7.94. The van der Waals surface area contributed by atoms with E-state index >= 15 is 0 Å². The number of aliphatic carboxylic acids is 1. The third kappa shape index (κ3) is 3.71. The Hall–Kier alpha value is -0.650. The number of carbonyl (C=O) groups is 1. The highest BCUT2D eigenvalue weighted by atomic mass is 16.4. The Labute approximate surface area is 122 Å². The van der Waals surface area contributed by atoms with Crippen molar-refractivity contribution in [2.75, 3.05) is 39.3 Å². The van der Waals surface area contributed by atoms with Gasteiger partial charge < -0.3 is 10.0 Å². The van der Waals surface area contributed by atoms with E-state index < -0.39 is 5.97 Å². The van der Waals surface area contributed by atoms with Gasteiger partial charge in [-0.3, -0.25) is 14.6 Å². The minimum Gasteiger partial charge on any atom is -0.480 e. The monoisotopic (exact) mass is 283 g/mol. The molecule has 0 amide bonds. The van der Waals surface area contributed by atoms with Crippen LogP contribution in [-0.4, -0.2) is 83.2 Å². The molecule has 1 N–H and O–H groups in total. The van der Waals surface area contributed by atoms with Crippen LogP contribution in [0.1, 0.15) is 33.6 Å². The molecule has 2 fully saturated rings. The van der Waals surface area contributed by atoms with E-state index in [0.717, 1.165) is 26.2 Å². The fourth-order valence-electron chi connectivity index (χ4n) is 3.41. The number of piperazine rings is 1. The Bertz CT molecular complexity index is 319. The van der Waals surface area contributed by atoms with Crippen LogP contribution in [0.2, 0.25) is 0 Å². The van der Waals surface area contributed by atoms with Crippen molar-refractivity contribution in [3.8, 4) is 0 Å². The van der Waals surface area contributed by atoms with Gasteiger partial charge in [0.15, 0.2) is 0 Å². The number of hydrogen-bond donors (Lipinski definition) is 1. The van der Waals surface area contributed by atoms with E-state index in [4.69, 9.17) is 5.11 Å². The fourth-order valence-corrected chi connectivity index (χ4v) is 3.41. The van der Waals surface area contributed by atoms with Gasteiger partial charge in [0.2, 0.25) is 0 Å². The number of carboxylic acid groups (broad SMARTS) is 1. The van der Waals surface area contributed by atoms with Gasteiger partial charge in [0, 0.05) is 38.3 Å². The molecule has 0 aromatic heterocycles. The van der Waals surface area contributed by atoms with Gasteiger partial charge in [0.05, 0.1) is 0 Å². The van der Waals surface area contributed by atoms with Crippen LogP contribution in [0.4, 0.5) is 0 Å². The largest absolute Gasteiger partial charge is 0.480 e. The zero-order valence-electron chi connectivity index (χ0n) is 13.1. The van der Waals surface area contributed by atoms with Gasteiger partial charge in [-0.05, 0) is 46.7 Å². The average molecular weight is 283 g/mol. The summed E-state index contributed by atoms with van der Waals surface area (Å²) in [4.78, 5) is 18.2. The van der Waals surface area contributed by atoms with Gasteiger partial charge in [-0.25, -0.2) is 0 Å². The summed E-state index contributed by atoms with van der Waals surface area (Å²) in [7, 11) is 0. The Morgan fingerprint density at radius 3 is 1.95 bits per heavy atom. The molecular formula is C15H29N3O2. The molecule has 0 spiro atoms. The molecular weight excluding hydrogens is 254 g/mol. The molecule has 0 aromatic rings. The van der Waals surface area contributed by atoms with E-state index in [2.05, 4.69) is 28.5 Å². The van der Waals surface area contributed by atoms with Crippen LogP contribution in [-0.2, 0) is 4.79 Å². The Kier molecular flexibility index (Phi) is 5.41. The maximum atomic E-state index is 11.0. The summed E-state index contributed by atoms with van der Waals surface area (Å²) in [6.07, 6.45) is 2.51. The average Bonchev–Trinajstić information content (AvgIpc) is 2.46. The lowest BCUT2D eigenvalue weighted by Gasteiger charge is -2.44. The molecule has 5 heteroatoms. The molecule has 5 nitrogen and oxygen atoms in total. The second-order valence-corrected chi connectivity index (χ2v) is 6.45. The fraction of sp³-hybridized carbons (Fsp3) is 0.933. The van der Waals surface area contributed by atoms with E-state index in [-0.39, 0.29) is 6.04 Å². The molecule has 0 aromatic carbocycles. The van der Waals surface area contributed by atoms with E-state index in [0.29, 0.717) is 12.1 Å². The third-order valence-electron chi connectivity index (χ3n) is 5.00. The quantitative estimate of drug-likeness (QED) is 0.832. The van der Waals surface area contributed by atoms with Crippen molar-refractivity contribution in [2.24, 2.45) is 0 Å². The van der Waals surface area contributed by atoms with Crippen LogP contribution in [0.15, 0.2) is 0 Å². The molecule has 0 bridgehead atoms. The zero-order chi connectivity index (χ0) is 14.7. The minimum atomic E-state index is -0.705. The second-order valence-electron chi connectivity index (χ2n) is 6.45. The first-order valence-electron chi connectivity index (χ1n) is 7.94. The summed E-state index contributed by atoms with van der Waals surface area (Å²) >= 11 is 0. The first kappa shape index (κ1) is 15.7. The molecule has 20 heavy (non-hydrogen) atoms. The molecule has 2 heterocycles. The van der Waals surface area contributed by atoms with Crippen molar-refractivity contribution >= 4 is 5.97 Å². The van der Waals surface area contributed by atoms with E-state index in [1.165, 1.54) is 25.9 Å². The van der Waals surface area contributed by atoms with Crippen molar-refractivity contribution in [2.45, 2.75) is 51.7 Å². The maximum Gasteiger partial charge on any atom is 0.320 e. The topological polar surface area (TPSA) is 47.0 Å². The van der Waals surface area contributed by atoms with Crippen LogP contribution < -0.4 is 0 Å². The van der Waals surface area contributed by atoms with E-state index in [9.17, 15) is 4.79 Å². The molecule has 2 rings (SSSR count). The highest BCUT2D eigenvalue weighted by Gasteiger charge is 2.30. The van der Waals surface area contributed by atoms with Crippen molar-refractivity contribution in [3.63, 3.8) is 0 Å². The number of likely N-dealkylation sites (tertiary alicyclic amines) is 1. The van der Waals surface area contributed by atoms with Crippen LogP contribution in [0.3, 0.4) is 0 Å². The van der Waals surface area contributed by atoms with Crippen LogP contribution in [0.5, 0.6) is 0 Å². The van der Waals surface area contributed by atoms with Crippen LogP contribution in [0, 0.1) is 0 Å². The zero-order valence-corrected chi connectivity index (χ0v) is 13.1. The lowest BCUT2D eigenvalue weighted by Crippen LogP contribution is -2.56. The standard InChI is InChI=1S/C15H29N3O2/c1-12(2)16-6-4-14(5-7-16)18-10-8-17(9-11-18)13(3)15(19)20/h12-14H,4-11H2,1-3H3,(H,19,20). The number of rotatable bonds is 4. The summed E-state index contributed by atoms with van der Waals surface area (Å²) in [6.45, 7) is 12.5. The lowest BCUT2D eigenvalue weighted by atomic mass is 10.0. The van der Waals surface area contributed by atoms with Gasteiger partial charge in [-0.1, -0.05) is 0 Å². The molecule has 0 saturated carbocycles. The first-order chi connectivity index (χ1) is 9.49. The van der Waals surface area contributed by atoms with Crippen molar-refractivity contribution in [3.05, 3.63) is 0 Å². The number of hydrogen-bond acceptors (Lipinski definition) is 4. The molecule has 0 aliphatic carbocycles. The highest BCUT2D eigenvalue weighted by Crippen LogP contribution is 2.20. The van der Waals surface area contributed by atoms with Crippen molar-refractivity contribution in [1.82, 2.24) is 14.7 Å². The van der Waals surface area contributed by atoms with Crippen molar-refractivity contribution in [1.29, 1.82) is 0 Å². The van der Waals surface area contributed by atoms with Gasteiger partial charge >= 0.3 is 5.97 Å². The molecule has 116 valence electrons. The summed E-state index contributed by atoms with van der Waals surface area (Å²) in [5.74, 6) is -0.705. The smallest absolute Gasteiger partial charge is 0.320 e. The molecule has 2 aliphatic heterocycles. The summed E-state index contributed by atoms with van der Waals surface area (Å²) < 4.78 is 0. The predicted molar refractivity (Wildman–Crippen MR) is 80.0 cm³/mol. The molecule has 2 aliphatic rings. The molecule has 1 atom stereocenters. The molecule has 2 saturated heterocycles. The Balaban J connectivity index is 1.76. The third-order valence-corrected chi connectivity index (χ3v) is 5.00. The SMILES string of the molecule is CC(C)N1CCC(N2CCN(C(C)C(=O)O)CC2)CC1. The number of carboxylic acids is 1. The van der Waals surface area contributed by atoms with Gasteiger partial charge in [-0.15, -0.1) is 0 Å². The predicted octanol–water partition coefficient (Wildman–Crippen LogP) is 0.950. The number of nitrogens with zero attached hydrogens (tertiary/aromatic N) is 3. The highest BCUT2D eigenvalue weighted by molar-refractivity contribution is 5.72. The van der Waals surface area contributed by atoms with Gasteiger partial charge in [0.25, 0.3) is 0 Å². The molecule has 1 unspecified atom stereocenters.